The summed E-state index contributed by atoms with van der Waals surface area (Å²) < 4.78 is 5.68. The largest absolute Gasteiger partial charge is 0.507 e. The van der Waals surface area contributed by atoms with Crippen LogP contribution < -0.4 is 9.64 Å². The third-order valence-electron chi connectivity index (χ3n) is 7.13. The number of carbonyl (C=O) groups excluding carboxylic acids is 2. The molecule has 4 aromatic rings. The van der Waals surface area contributed by atoms with Gasteiger partial charge in [-0.15, -0.1) is 0 Å². The number of ether oxygens (including phenoxy) is 1. The van der Waals surface area contributed by atoms with Gasteiger partial charge in [-0.1, -0.05) is 57.2 Å². The number of carbonyl (C=O) groups is 2. The zero-order chi connectivity index (χ0) is 27.2. The van der Waals surface area contributed by atoms with E-state index in [4.69, 9.17) is 4.74 Å². The Hall–Kier alpha value is -4.32. The van der Waals surface area contributed by atoms with Crippen LogP contribution in [0.2, 0.25) is 0 Å². The molecule has 2 heterocycles. The molecular weight excluding hydrogens is 476 g/mol. The van der Waals surface area contributed by atoms with Gasteiger partial charge in [0.25, 0.3) is 11.7 Å². The Kier molecular flexibility index (Phi) is 6.35. The number of hydrogen-bond acceptors (Lipinski definition) is 4. The first-order chi connectivity index (χ1) is 18.1. The van der Waals surface area contributed by atoms with Crippen molar-refractivity contribution in [3.8, 4) is 5.75 Å². The second-order valence-corrected chi connectivity index (χ2v) is 10.7. The number of nitrogens with zero attached hydrogens (tertiary/aromatic N) is 1. The molecule has 5 rings (SSSR count). The molecule has 0 radical (unpaired) electrons. The van der Waals surface area contributed by atoms with Crippen LogP contribution in [0.5, 0.6) is 5.75 Å². The SMILES string of the molecule is CCOc1cccc(N2C(=O)C(=O)/C(=C(/O)c3cc(C(C)(C)C)ccc3C)C2c2c[nH]c3ccccc23)c1. The second-order valence-electron chi connectivity index (χ2n) is 10.7. The highest BCUT2D eigenvalue weighted by molar-refractivity contribution is 6.52. The van der Waals surface area contributed by atoms with Crippen molar-refractivity contribution >= 4 is 34.0 Å². The quantitative estimate of drug-likeness (QED) is 0.176. The van der Waals surface area contributed by atoms with E-state index >= 15 is 0 Å². The van der Waals surface area contributed by atoms with Crippen molar-refractivity contribution < 1.29 is 19.4 Å². The molecule has 3 aromatic carbocycles. The molecule has 0 bridgehead atoms. The number of hydrogen-bond donors (Lipinski definition) is 2. The summed E-state index contributed by atoms with van der Waals surface area (Å²) in [5, 5.41) is 12.6. The summed E-state index contributed by atoms with van der Waals surface area (Å²) in [4.78, 5) is 32.1. The van der Waals surface area contributed by atoms with Gasteiger partial charge in [-0.3, -0.25) is 14.5 Å². The van der Waals surface area contributed by atoms with Gasteiger partial charge in [0, 0.05) is 40.0 Å². The first-order valence-electron chi connectivity index (χ1n) is 12.8. The van der Waals surface area contributed by atoms with Crippen LogP contribution in [0.4, 0.5) is 5.69 Å². The average molecular weight is 509 g/mol. The first-order valence-corrected chi connectivity index (χ1v) is 12.8. The standard InChI is InChI=1S/C32H32N2O4/c1-6-38-22-11-9-10-21(17-22)34-28(25-18-33-26-13-8-7-12-23(25)26)27(30(36)31(34)37)29(35)24-16-20(32(3,4)5)15-14-19(24)2/h7-18,28,33,35H,6H2,1-5H3/b29-27+. The van der Waals surface area contributed by atoms with Crippen molar-refractivity contribution in [1.82, 2.24) is 4.98 Å². The van der Waals surface area contributed by atoms with Gasteiger partial charge in [-0.2, -0.15) is 0 Å². The minimum absolute atomic E-state index is 0.0655. The third kappa shape index (κ3) is 4.26. The molecule has 1 atom stereocenters. The molecule has 1 aromatic heterocycles. The van der Waals surface area contributed by atoms with E-state index in [0.717, 1.165) is 27.6 Å². The second kappa shape index (κ2) is 9.53. The number of aryl methyl sites for hydroxylation is 1. The molecule has 1 unspecified atom stereocenters. The lowest BCUT2D eigenvalue weighted by Crippen LogP contribution is -2.29. The summed E-state index contributed by atoms with van der Waals surface area (Å²) in [5.41, 5.74) is 4.41. The molecule has 38 heavy (non-hydrogen) atoms. The van der Waals surface area contributed by atoms with Crippen molar-refractivity contribution in [1.29, 1.82) is 0 Å². The fraction of sp³-hybridized carbons (Fsp3) is 0.250. The molecule has 0 aliphatic carbocycles. The van der Waals surface area contributed by atoms with Gasteiger partial charge < -0.3 is 14.8 Å². The van der Waals surface area contributed by atoms with E-state index in [1.807, 2.05) is 68.6 Å². The predicted molar refractivity (Wildman–Crippen MR) is 151 cm³/mol. The molecular formula is C32H32N2O4. The minimum Gasteiger partial charge on any atom is -0.507 e. The average Bonchev–Trinajstić information content (AvgIpc) is 3.42. The van der Waals surface area contributed by atoms with Crippen molar-refractivity contribution in [2.24, 2.45) is 0 Å². The smallest absolute Gasteiger partial charge is 0.300 e. The molecule has 0 spiro atoms. The first kappa shape index (κ1) is 25.3. The van der Waals surface area contributed by atoms with E-state index in [1.165, 1.54) is 4.90 Å². The normalized spacial score (nSPS) is 17.4. The summed E-state index contributed by atoms with van der Waals surface area (Å²) >= 11 is 0. The molecule has 1 aliphatic heterocycles. The number of benzene rings is 3. The Morgan fingerprint density at radius 1 is 1.03 bits per heavy atom. The van der Waals surface area contributed by atoms with Crippen LogP contribution in [0, 0.1) is 6.92 Å². The number of Topliss-reactive ketones (excluding diaryl/α,β-unsaturated/α-hetero) is 1. The van der Waals surface area contributed by atoms with Crippen LogP contribution in [-0.2, 0) is 15.0 Å². The maximum atomic E-state index is 13.7. The molecule has 0 saturated carbocycles. The number of ketones is 1. The topological polar surface area (TPSA) is 82.6 Å². The summed E-state index contributed by atoms with van der Waals surface area (Å²) in [6.07, 6.45) is 1.81. The lowest BCUT2D eigenvalue weighted by Gasteiger charge is -2.26. The Balaban J connectivity index is 1.78. The highest BCUT2D eigenvalue weighted by Gasteiger charge is 2.48. The van der Waals surface area contributed by atoms with E-state index in [2.05, 4.69) is 25.8 Å². The summed E-state index contributed by atoms with van der Waals surface area (Å²) in [6, 6.07) is 19.9. The van der Waals surface area contributed by atoms with Crippen molar-refractivity contribution in [3.63, 3.8) is 0 Å². The molecule has 1 fully saturated rings. The lowest BCUT2D eigenvalue weighted by molar-refractivity contribution is -0.132. The Bertz CT molecular complexity index is 1590. The van der Waals surface area contributed by atoms with E-state index < -0.39 is 17.7 Å². The van der Waals surface area contributed by atoms with Gasteiger partial charge >= 0.3 is 0 Å². The summed E-state index contributed by atoms with van der Waals surface area (Å²) in [6.45, 7) is 10.5. The third-order valence-corrected chi connectivity index (χ3v) is 7.13. The fourth-order valence-electron chi connectivity index (χ4n) is 5.09. The van der Waals surface area contributed by atoms with Crippen LogP contribution in [0.3, 0.4) is 0 Å². The summed E-state index contributed by atoms with van der Waals surface area (Å²) in [7, 11) is 0. The number of aromatic amines is 1. The minimum atomic E-state index is -0.833. The van der Waals surface area contributed by atoms with Gasteiger partial charge in [0.1, 0.15) is 11.5 Å². The number of amides is 1. The number of aliphatic hydroxyl groups is 1. The molecule has 1 saturated heterocycles. The molecule has 6 nitrogen and oxygen atoms in total. The molecule has 6 heteroatoms. The maximum absolute atomic E-state index is 13.7. The lowest BCUT2D eigenvalue weighted by atomic mass is 9.84. The van der Waals surface area contributed by atoms with Gasteiger partial charge in [0.15, 0.2) is 0 Å². The molecule has 1 aliphatic rings. The maximum Gasteiger partial charge on any atom is 0.300 e. The highest BCUT2D eigenvalue weighted by Crippen LogP contribution is 2.45. The van der Waals surface area contributed by atoms with E-state index in [1.54, 1.807) is 18.2 Å². The number of nitrogens with one attached hydrogen (secondary N) is 1. The number of anilines is 1. The van der Waals surface area contributed by atoms with Crippen molar-refractivity contribution in [3.05, 3.63) is 101 Å². The number of H-pyrrole nitrogens is 1. The Morgan fingerprint density at radius 3 is 2.53 bits per heavy atom. The Labute approximate surface area is 222 Å². The van der Waals surface area contributed by atoms with Crippen LogP contribution >= 0.6 is 0 Å². The predicted octanol–water partition coefficient (Wildman–Crippen LogP) is 6.80. The molecule has 2 N–H and O–H groups in total. The van der Waals surface area contributed by atoms with E-state index in [9.17, 15) is 14.7 Å². The Morgan fingerprint density at radius 2 is 1.79 bits per heavy atom. The van der Waals surface area contributed by atoms with Gasteiger partial charge in [0.05, 0.1) is 18.2 Å². The highest BCUT2D eigenvalue weighted by atomic mass is 16.5. The fourth-order valence-corrected chi connectivity index (χ4v) is 5.09. The van der Waals surface area contributed by atoms with Gasteiger partial charge in [-0.25, -0.2) is 0 Å². The van der Waals surface area contributed by atoms with Crippen LogP contribution in [0.25, 0.3) is 16.7 Å². The van der Waals surface area contributed by atoms with Crippen molar-refractivity contribution in [2.45, 2.75) is 46.1 Å². The van der Waals surface area contributed by atoms with Gasteiger partial charge in [0.2, 0.25) is 0 Å². The van der Waals surface area contributed by atoms with Crippen LogP contribution in [0.15, 0.2) is 78.5 Å². The van der Waals surface area contributed by atoms with Crippen molar-refractivity contribution in [2.75, 3.05) is 11.5 Å². The number of fused-ring (bicyclic) bond motifs is 1. The molecule has 1 amide bonds. The number of rotatable bonds is 5. The zero-order valence-electron chi connectivity index (χ0n) is 22.3. The van der Waals surface area contributed by atoms with Crippen LogP contribution in [-0.4, -0.2) is 28.4 Å². The van der Waals surface area contributed by atoms with E-state index in [-0.39, 0.29) is 16.7 Å². The number of aromatic nitrogens is 1. The number of para-hydroxylation sites is 1. The molecule has 194 valence electrons. The van der Waals surface area contributed by atoms with Gasteiger partial charge in [-0.05, 0) is 54.7 Å². The summed E-state index contributed by atoms with van der Waals surface area (Å²) in [5.74, 6) is -0.996. The number of aliphatic hydroxyl groups excluding tert-OH is 1. The monoisotopic (exact) mass is 508 g/mol. The van der Waals surface area contributed by atoms with E-state index in [0.29, 0.717) is 23.6 Å². The zero-order valence-corrected chi connectivity index (χ0v) is 22.3. The van der Waals surface area contributed by atoms with Crippen LogP contribution in [0.1, 0.15) is 56.0 Å².